The monoisotopic (exact) mass is 418 g/mol. The molecular weight excluding hydrogens is 396 g/mol. The van der Waals surface area contributed by atoms with Crippen LogP contribution in [0.1, 0.15) is 53.3 Å². The van der Waals surface area contributed by atoms with Crippen LogP contribution in [0.25, 0.3) is 0 Å². The molecule has 1 aliphatic carbocycles. The Hall–Kier alpha value is -2.91. The smallest absolute Gasteiger partial charge is 0.317 e. The summed E-state index contributed by atoms with van der Waals surface area (Å²) >= 11 is 6.06. The zero-order valence-corrected chi connectivity index (χ0v) is 17.3. The number of hydrogen-bond acceptors (Lipinski definition) is 3. The summed E-state index contributed by atoms with van der Waals surface area (Å²) in [7, 11) is 0. The number of carbonyl (C=O) groups is 2. The standard InChI is InChI=1S/C26H23ClO3/c27-22-15-13-21(14-16-22)26(17-7-8-18-26)25(29)30-24(20-11-5-2-6-12-20)23(28)19-9-3-1-4-10-19/h1-6,9-16,24H,7-8,17-18H2/t24-/m1/s1. The van der Waals surface area contributed by atoms with Crippen LogP contribution >= 0.6 is 11.6 Å². The van der Waals surface area contributed by atoms with Crippen LogP contribution in [-0.4, -0.2) is 11.8 Å². The Kier molecular flexibility index (Phi) is 6.01. The molecule has 152 valence electrons. The summed E-state index contributed by atoms with van der Waals surface area (Å²) in [6, 6.07) is 25.6. The Balaban J connectivity index is 1.69. The minimum atomic E-state index is -0.981. The summed E-state index contributed by atoms with van der Waals surface area (Å²) < 4.78 is 6.00. The second kappa shape index (κ2) is 8.85. The largest absolute Gasteiger partial charge is 0.448 e. The maximum Gasteiger partial charge on any atom is 0.317 e. The molecule has 3 aromatic carbocycles. The molecule has 30 heavy (non-hydrogen) atoms. The van der Waals surface area contributed by atoms with Gasteiger partial charge in [0.15, 0.2) is 6.10 Å². The van der Waals surface area contributed by atoms with E-state index in [2.05, 4.69) is 0 Å². The van der Waals surface area contributed by atoms with Gasteiger partial charge in [-0.05, 0) is 30.5 Å². The Bertz CT molecular complexity index is 1010. The number of hydrogen-bond donors (Lipinski definition) is 0. The first-order valence-corrected chi connectivity index (χ1v) is 10.6. The molecule has 0 radical (unpaired) electrons. The average Bonchev–Trinajstić information content (AvgIpc) is 3.30. The van der Waals surface area contributed by atoms with Crippen LogP contribution in [0.15, 0.2) is 84.9 Å². The first-order chi connectivity index (χ1) is 14.6. The van der Waals surface area contributed by atoms with Gasteiger partial charge in [0.1, 0.15) is 0 Å². The summed E-state index contributed by atoms with van der Waals surface area (Å²) in [6.07, 6.45) is 2.31. The topological polar surface area (TPSA) is 43.4 Å². The van der Waals surface area contributed by atoms with Crippen LogP contribution in [0.3, 0.4) is 0 Å². The van der Waals surface area contributed by atoms with E-state index in [4.69, 9.17) is 16.3 Å². The van der Waals surface area contributed by atoms with Gasteiger partial charge in [0.2, 0.25) is 5.78 Å². The maximum absolute atomic E-state index is 13.6. The molecule has 0 N–H and O–H groups in total. The predicted octanol–water partition coefficient (Wildman–Crippen LogP) is 6.32. The molecule has 0 amide bonds. The van der Waals surface area contributed by atoms with Crippen molar-refractivity contribution in [3.05, 3.63) is 107 Å². The van der Waals surface area contributed by atoms with Crippen LogP contribution in [0, 0.1) is 0 Å². The molecule has 0 saturated heterocycles. The van der Waals surface area contributed by atoms with Gasteiger partial charge in [-0.25, -0.2) is 0 Å². The molecule has 1 fully saturated rings. The lowest BCUT2D eigenvalue weighted by atomic mass is 9.79. The fraction of sp³-hybridized carbons (Fsp3) is 0.231. The number of carbonyl (C=O) groups excluding carboxylic acids is 2. The van der Waals surface area contributed by atoms with Gasteiger partial charge in [-0.15, -0.1) is 0 Å². The van der Waals surface area contributed by atoms with Crippen molar-refractivity contribution < 1.29 is 14.3 Å². The van der Waals surface area contributed by atoms with Crippen molar-refractivity contribution in [2.75, 3.05) is 0 Å². The van der Waals surface area contributed by atoms with E-state index >= 15 is 0 Å². The molecule has 1 atom stereocenters. The summed E-state index contributed by atoms with van der Waals surface area (Å²) in [5.41, 5.74) is 1.35. The third kappa shape index (κ3) is 4.03. The van der Waals surface area contributed by atoms with Crippen molar-refractivity contribution in [3.63, 3.8) is 0 Å². The molecule has 3 nitrogen and oxygen atoms in total. The lowest BCUT2D eigenvalue weighted by molar-refractivity contribution is -0.154. The summed E-state index contributed by atoms with van der Waals surface area (Å²) in [4.78, 5) is 26.9. The number of halogens is 1. The number of ketones is 1. The molecule has 0 aromatic heterocycles. The van der Waals surface area contributed by atoms with E-state index in [-0.39, 0.29) is 11.8 Å². The number of esters is 1. The molecule has 0 heterocycles. The minimum Gasteiger partial charge on any atom is -0.448 e. The van der Waals surface area contributed by atoms with Crippen LogP contribution in [-0.2, 0) is 14.9 Å². The molecule has 0 unspecified atom stereocenters. The Morgan fingerprint density at radius 1 is 0.800 bits per heavy atom. The van der Waals surface area contributed by atoms with E-state index < -0.39 is 11.5 Å². The highest BCUT2D eigenvalue weighted by Gasteiger charge is 2.45. The molecule has 4 rings (SSSR count). The quantitative estimate of drug-likeness (QED) is 0.347. The molecule has 0 spiro atoms. The highest BCUT2D eigenvalue weighted by molar-refractivity contribution is 6.30. The number of Topliss-reactive ketones (excluding diaryl/α,β-unsaturated/α-hetero) is 1. The predicted molar refractivity (Wildman–Crippen MR) is 118 cm³/mol. The van der Waals surface area contributed by atoms with Gasteiger partial charge < -0.3 is 4.74 Å². The summed E-state index contributed by atoms with van der Waals surface area (Å²) in [5.74, 6) is -0.570. The zero-order valence-electron chi connectivity index (χ0n) is 16.6. The van der Waals surface area contributed by atoms with Crippen LogP contribution in [0.2, 0.25) is 5.02 Å². The summed E-state index contributed by atoms with van der Waals surface area (Å²) in [5, 5.41) is 0.627. The van der Waals surface area contributed by atoms with Crippen molar-refractivity contribution in [2.45, 2.75) is 37.2 Å². The third-order valence-corrected chi connectivity index (χ3v) is 6.12. The lowest BCUT2D eigenvalue weighted by Crippen LogP contribution is -2.37. The number of rotatable bonds is 6. The number of ether oxygens (including phenoxy) is 1. The van der Waals surface area contributed by atoms with Crippen molar-refractivity contribution >= 4 is 23.4 Å². The second-order valence-corrected chi connectivity index (χ2v) is 8.16. The van der Waals surface area contributed by atoms with Crippen LogP contribution in [0.5, 0.6) is 0 Å². The molecule has 1 saturated carbocycles. The lowest BCUT2D eigenvalue weighted by Gasteiger charge is -2.29. The first-order valence-electron chi connectivity index (χ1n) is 10.2. The van der Waals surface area contributed by atoms with E-state index in [1.165, 1.54) is 0 Å². The van der Waals surface area contributed by atoms with E-state index in [1.807, 2.05) is 60.7 Å². The van der Waals surface area contributed by atoms with Gasteiger partial charge >= 0.3 is 5.97 Å². The molecule has 3 aromatic rings. The van der Waals surface area contributed by atoms with Crippen LogP contribution < -0.4 is 0 Å². The van der Waals surface area contributed by atoms with Gasteiger partial charge in [0.05, 0.1) is 5.41 Å². The highest BCUT2D eigenvalue weighted by atomic mass is 35.5. The Labute approximate surface area is 181 Å². The highest BCUT2D eigenvalue weighted by Crippen LogP contribution is 2.43. The molecule has 4 heteroatoms. The molecular formula is C26H23ClO3. The fourth-order valence-corrected chi connectivity index (χ4v) is 4.36. The van der Waals surface area contributed by atoms with Gasteiger partial charge in [0, 0.05) is 16.1 Å². The van der Waals surface area contributed by atoms with Crippen molar-refractivity contribution in [1.82, 2.24) is 0 Å². The van der Waals surface area contributed by atoms with E-state index in [1.54, 1.807) is 24.3 Å². The number of benzene rings is 3. The molecule has 0 aliphatic heterocycles. The SMILES string of the molecule is O=C(c1ccccc1)[C@H](OC(=O)C1(c2ccc(Cl)cc2)CCCC1)c1ccccc1. The summed E-state index contributed by atoms with van der Waals surface area (Å²) in [6.45, 7) is 0. The third-order valence-electron chi connectivity index (χ3n) is 5.87. The van der Waals surface area contributed by atoms with Gasteiger partial charge in [0.25, 0.3) is 0 Å². The van der Waals surface area contributed by atoms with E-state index in [0.29, 0.717) is 29.0 Å². The van der Waals surface area contributed by atoms with Crippen molar-refractivity contribution in [2.24, 2.45) is 0 Å². The Morgan fingerprint density at radius 3 is 1.97 bits per heavy atom. The normalized spacial score (nSPS) is 16.0. The zero-order chi connectivity index (χ0) is 21.0. The van der Waals surface area contributed by atoms with Crippen molar-refractivity contribution in [3.8, 4) is 0 Å². The molecule has 1 aliphatic rings. The maximum atomic E-state index is 13.6. The first kappa shape index (κ1) is 20.4. The Morgan fingerprint density at radius 2 is 1.37 bits per heavy atom. The van der Waals surface area contributed by atoms with Crippen LogP contribution in [0.4, 0.5) is 0 Å². The average molecular weight is 419 g/mol. The van der Waals surface area contributed by atoms with E-state index in [0.717, 1.165) is 18.4 Å². The van der Waals surface area contributed by atoms with Crippen molar-refractivity contribution in [1.29, 1.82) is 0 Å². The van der Waals surface area contributed by atoms with Gasteiger partial charge in [-0.1, -0.05) is 97.2 Å². The van der Waals surface area contributed by atoms with Gasteiger partial charge in [-0.3, -0.25) is 9.59 Å². The van der Waals surface area contributed by atoms with Gasteiger partial charge in [-0.2, -0.15) is 0 Å². The minimum absolute atomic E-state index is 0.223. The second-order valence-electron chi connectivity index (χ2n) is 7.72. The van der Waals surface area contributed by atoms with E-state index in [9.17, 15) is 9.59 Å². The fourth-order valence-electron chi connectivity index (χ4n) is 4.23. The molecule has 0 bridgehead atoms.